The van der Waals surface area contributed by atoms with E-state index in [1.807, 2.05) is 12.1 Å². The molecule has 30 heavy (non-hydrogen) atoms. The standard InChI is InChI=1S/C22H38N4O3S/c1-22(2,11-14-30(5,27)28)17-25-21(23-3)24-16-20(26-12-6-7-13-26)18-9-8-10-19(15-18)29-4/h8-10,15,20H,6-7,11-14,16-17H2,1-5H3,(H2,23,24,25). The van der Waals surface area contributed by atoms with Gasteiger partial charge in [0.1, 0.15) is 15.6 Å². The van der Waals surface area contributed by atoms with Crippen LogP contribution in [0, 0.1) is 5.41 Å². The Morgan fingerprint density at radius 3 is 2.57 bits per heavy atom. The van der Waals surface area contributed by atoms with Gasteiger partial charge in [-0.25, -0.2) is 8.42 Å². The number of hydrogen-bond donors (Lipinski definition) is 2. The van der Waals surface area contributed by atoms with Crippen LogP contribution < -0.4 is 15.4 Å². The number of aliphatic imine (C=N–C) groups is 1. The second-order valence-electron chi connectivity index (χ2n) is 8.89. The second-order valence-corrected chi connectivity index (χ2v) is 11.1. The van der Waals surface area contributed by atoms with Gasteiger partial charge >= 0.3 is 0 Å². The number of likely N-dealkylation sites (tertiary alicyclic amines) is 1. The topological polar surface area (TPSA) is 83.0 Å². The van der Waals surface area contributed by atoms with Crippen molar-refractivity contribution in [3.8, 4) is 5.75 Å². The summed E-state index contributed by atoms with van der Waals surface area (Å²) in [6.45, 7) is 7.71. The fourth-order valence-electron chi connectivity index (χ4n) is 3.65. The van der Waals surface area contributed by atoms with Gasteiger partial charge in [0.15, 0.2) is 5.96 Å². The van der Waals surface area contributed by atoms with Crippen LogP contribution in [0.1, 0.15) is 44.7 Å². The number of rotatable bonds is 10. The first-order valence-corrected chi connectivity index (χ1v) is 12.7. The average molecular weight is 439 g/mol. The van der Waals surface area contributed by atoms with Gasteiger partial charge < -0.3 is 15.4 Å². The highest BCUT2D eigenvalue weighted by atomic mass is 32.2. The first-order valence-electron chi connectivity index (χ1n) is 10.6. The number of sulfone groups is 1. The summed E-state index contributed by atoms with van der Waals surface area (Å²) in [5.41, 5.74) is 1.08. The number of guanidine groups is 1. The Balaban J connectivity index is 1.98. The number of benzene rings is 1. The molecule has 1 aliphatic rings. The van der Waals surface area contributed by atoms with E-state index in [9.17, 15) is 8.42 Å². The molecule has 0 radical (unpaired) electrons. The zero-order chi connectivity index (χ0) is 22.2. The van der Waals surface area contributed by atoms with Gasteiger partial charge in [0.2, 0.25) is 0 Å². The van der Waals surface area contributed by atoms with Gasteiger partial charge in [-0.15, -0.1) is 0 Å². The van der Waals surface area contributed by atoms with E-state index >= 15 is 0 Å². The molecule has 1 atom stereocenters. The van der Waals surface area contributed by atoms with E-state index in [4.69, 9.17) is 4.74 Å². The van der Waals surface area contributed by atoms with E-state index in [1.165, 1.54) is 24.7 Å². The minimum atomic E-state index is -2.96. The Kier molecular flexibility index (Phi) is 8.97. The molecule has 8 heteroatoms. The molecule has 1 aromatic rings. The maximum Gasteiger partial charge on any atom is 0.191 e. The SMILES string of the molecule is CN=C(NCC(c1cccc(OC)c1)N1CCCC1)NCC(C)(C)CCS(C)(=O)=O. The van der Waals surface area contributed by atoms with Crippen LogP contribution in [0.2, 0.25) is 0 Å². The molecule has 170 valence electrons. The lowest BCUT2D eigenvalue weighted by atomic mass is 9.90. The van der Waals surface area contributed by atoms with Gasteiger partial charge in [0.05, 0.1) is 18.9 Å². The second kappa shape index (κ2) is 11.0. The summed E-state index contributed by atoms with van der Waals surface area (Å²) in [5.74, 6) is 1.79. The van der Waals surface area contributed by atoms with E-state index in [-0.39, 0.29) is 17.2 Å². The van der Waals surface area contributed by atoms with Crippen molar-refractivity contribution in [1.82, 2.24) is 15.5 Å². The van der Waals surface area contributed by atoms with Crippen molar-refractivity contribution in [2.24, 2.45) is 10.4 Å². The van der Waals surface area contributed by atoms with Gasteiger partial charge in [-0.05, 0) is 55.5 Å². The molecule has 0 saturated carbocycles. The lowest BCUT2D eigenvalue weighted by molar-refractivity contribution is 0.244. The molecular formula is C22H38N4O3S. The lowest BCUT2D eigenvalue weighted by Crippen LogP contribution is -2.45. The Labute approximate surface area is 182 Å². The molecule has 1 heterocycles. The number of hydrogen-bond acceptors (Lipinski definition) is 5. The summed E-state index contributed by atoms with van der Waals surface area (Å²) in [4.78, 5) is 6.86. The molecule has 1 saturated heterocycles. The molecular weight excluding hydrogens is 400 g/mol. The fourth-order valence-corrected chi connectivity index (χ4v) is 4.57. The van der Waals surface area contributed by atoms with E-state index < -0.39 is 9.84 Å². The summed E-state index contributed by atoms with van der Waals surface area (Å²) in [7, 11) is 0.495. The Bertz CT molecular complexity index is 802. The Morgan fingerprint density at radius 1 is 1.27 bits per heavy atom. The monoisotopic (exact) mass is 438 g/mol. The highest BCUT2D eigenvalue weighted by Gasteiger charge is 2.25. The molecule has 0 spiro atoms. The molecule has 2 rings (SSSR count). The summed E-state index contributed by atoms with van der Waals surface area (Å²) < 4.78 is 28.4. The summed E-state index contributed by atoms with van der Waals surface area (Å²) in [5, 5.41) is 6.83. The van der Waals surface area contributed by atoms with Crippen LogP contribution in [0.15, 0.2) is 29.3 Å². The summed E-state index contributed by atoms with van der Waals surface area (Å²) >= 11 is 0. The van der Waals surface area contributed by atoms with E-state index in [0.717, 1.165) is 31.3 Å². The maximum atomic E-state index is 11.5. The fraction of sp³-hybridized carbons (Fsp3) is 0.682. The van der Waals surface area contributed by atoms with Gasteiger partial charge in [0, 0.05) is 26.4 Å². The van der Waals surface area contributed by atoms with Crippen molar-refractivity contribution < 1.29 is 13.2 Å². The molecule has 1 aromatic carbocycles. The quantitative estimate of drug-likeness (QED) is 0.431. The molecule has 0 aliphatic carbocycles. The normalized spacial score (nSPS) is 17.0. The molecule has 1 fully saturated rings. The van der Waals surface area contributed by atoms with Crippen LogP contribution in [-0.2, 0) is 9.84 Å². The average Bonchev–Trinajstić information content (AvgIpc) is 3.23. The van der Waals surface area contributed by atoms with Crippen molar-refractivity contribution in [2.45, 2.75) is 39.2 Å². The van der Waals surface area contributed by atoms with E-state index in [2.05, 4.69) is 46.5 Å². The predicted octanol–water partition coefficient (Wildman–Crippen LogP) is 2.46. The molecule has 1 unspecified atom stereocenters. The molecule has 0 amide bonds. The molecule has 1 aliphatic heterocycles. The van der Waals surface area contributed by atoms with Crippen molar-refractivity contribution in [3.05, 3.63) is 29.8 Å². The third kappa shape index (κ3) is 8.14. The third-order valence-corrected chi connectivity index (χ3v) is 6.58. The van der Waals surface area contributed by atoms with Crippen LogP contribution in [0.5, 0.6) is 5.75 Å². The van der Waals surface area contributed by atoms with Crippen molar-refractivity contribution >= 4 is 15.8 Å². The molecule has 0 aromatic heterocycles. The van der Waals surface area contributed by atoms with E-state index in [1.54, 1.807) is 14.2 Å². The number of ether oxygens (including phenoxy) is 1. The zero-order valence-corrected chi connectivity index (χ0v) is 19.9. The zero-order valence-electron chi connectivity index (χ0n) is 19.1. The van der Waals surface area contributed by atoms with Gasteiger partial charge in [-0.3, -0.25) is 9.89 Å². The Hall–Kier alpha value is -1.80. The van der Waals surface area contributed by atoms with Crippen LogP contribution in [-0.4, -0.2) is 71.6 Å². The first-order chi connectivity index (χ1) is 14.1. The van der Waals surface area contributed by atoms with Crippen molar-refractivity contribution in [2.75, 3.05) is 52.3 Å². The number of methoxy groups -OCH3 is 1. The third-order valence-electron chi connectivity index (χ3n) is 5.63. The molecule has 0 bridgehead atoms. The van der Waals surface area contributed by atoms with Crippen LogP contribution >= 0.6 is 0 Å². The van der Waals surface area contributed by atoms with Crippen molar-refractivity contribution in [1.29, 1.82) is 0 Å². The smallest absolute Gasteiger partial charge is 0.191 e. The largest absolute Gasteiger partial charge is 0.497 e. The van der Waals surface area contributed by atoms with Gasteiger partial charge in [-0.1, -0.05) is 26.0 Å². The van der Waals surface area contributed by atoms with Crippen molar-refractivity contribution in [3.63, 3.8) is 0 Å². The van der Waals surface area contributed by atoms with Crippen LogP contribution in [0.25, 0.3) is 0 Å². The van der Waals surface area contributed by atoms with Gasteiger partial charge in [0.25, 0.3) is 0 Å². The Morgan fingerprint density at radius 2 is 1.97 bits per heavy atom. The van der Waals surface area contributed by atoms with Crippen LogP contribution in [0.4, 0.5) is 0 Å². The predicted molar refractivity (Wildman–Crippen MR) is 124 cm³/mol. The number of nitrogens with one attached hydrogen (secondary N) is 2. The molecule has 7 nitrogen and oxygen atoms in total. The summed E-state index contributed by atoms with van der Waals surface area (Å²) in [6.07, 6.45) is 4.34. The van der Waals surface area contributed by atoms with Crippen LogP contribution in [0.3, 0.4) is 0 Å². The van der Waals surface area contributed by atoms with Gasteiger partial charge in [-0.2, -0.15) is 0 Å². The van der Waals surface area contributed by atoms with E-state index in [0.29, 0.717) is 13.0 Å². The molecule has 2 N–H and O–H groups in total. The minimum absolute atomic E-state index is 0.151. The first kappa shape index (κ1) is 24.5. The maximum absolute atomic E-state index is 11.5. The highest BCUT2D eigenvalue weighted by molar-refractivity contribution is 7.90. The summed E-state index contributed by atoms with van der Waals surface area (Å²) in [6, 6.07) is 8.50. The number of nitrogens with zero attached hydrogens (tertiary/aromatic N) is 2. The lowest BCUT2D eigenvalue weighted by Gasteiger charge is -2.30. The minimum Gasteiger partial charge on any atom is -0.497 e. The highest BCUT2D eigenvalue weighted by Crippen LogP contribution is 2.27.